The molecule has 8 nitrogen and oxygen atoms in total. The molecule has 1 aromatic carbocycles. The maximum absolute atomic E-state index is 14.2. The van der Waals surface area contributed by atoms with E-state index in [9.17, 15) is 14.0 Å². The molecule has 1 N–H and O–H groups in total. The first-order valence-corrected chi connectivity index (χ1v) is 12.0. The number of carbonyl (C=O) groups is 2. The molecule has 9 heteroatoms. The van der Waals surface area contributed by atoms with Crippen LogP contribution in [-0.2, 0) is 9.53 Å². The second kappa shape index (κ2) is 9.43. The van der Waals surface area contributed by atoms with Crippen LogP contribution in [0.3, 0.4) is 0 Å². The van der Waals surface area contributed by atoms with E-state index in [2.05, 4.69) is 15.3 Å². The Balaban J connectivity index is 1.60. The number of anilines is 1. The molecule has 0 radical (unpaired) electrons. The van der Waals surface area contributed by atoms with Crippen molar-refractivity contribution in [1.29, 1.82) is 0 Å². The van der Waals surface area contributed by atoms with Crippen LogP contribution < -0.4 is 10.1 Å². The quantitative estimate of drug-likeness (QED) is 0.643. The van der Waals surface area contributed by atoms with Crippen LogP contribution in [-0.4, -0.2) is 57.3 Å². The normalized spacial score (nSPS) is 19.1. The number of benzene rings is 1. The van der Waals surface area contributed by atoms with Gasteiger partial charge in [-0.05, 0) is 78.5 Å². The standard InChI is InChI=1S/C26H33FN4O4/c1-16-22(17(2)29-15-28-16)20-13-18(30-23(32)26(27)10-11-26)8-9-21(20)34-19-7-6-12-31(14-19)24(33)35-25(3,4)5/h8-9,13,15,19H,6-7,10-12,14H2,1-5H3,(H,30,32)/t19-/m1/s1. The highest BCUT2D eigenvalue weighted by molar-refractivity contribution is 6.00. The predicted molar refractivity (Wildman–Crippen MR) is 130 cm³/mol. The van der Waals surface area contributed by atoms with E-state index in [1.165, 1.54) is 6.33 Å². The molecule has 0 spiro atoms. The van der Waals surface area contributed by atoms with Gasteiger partial charge in [0, 0.05) is 34.7 Å². The van der Waals surface area contributed by atoms with Gasteiger partial charge in [0.15, 0.2) is 5.67 Å². The van der Waals surface area contributed by atoms with Gasteiger partial charge in [-0.2, -0.15) is 0 Å². The molecule has 1 saturated heterocycles. The van der Waals surface area contributed by atoms with Crippen molar-refractivity contribution in [1.82, 2.24) is 14.9 Å². The number of hydrogen-bond acceptors (Lipinski definition) is 6. The Morgan fingerprint density at radius 3 is 2.49 bits per heavy atom. The molecule has 4 rings (SSSR count). The molecule has 1 aliphatic carbocycles. The van der Waals surface area contributed by atoms with Gasteiger partial charge in [-0.1, -0.05) is 0 Å². The minimum Gasteiger partial charge on any atom is -0.488 e. The number of nitrogens with one attached hydrogen (secondary N) is 1. The van der Waals surface area contributed by atoms with Crippen molar-refractivity contribution in [2.75, 3.05) is 18.4 Å². The molecule has 1 aromatic heterocycles. The summed E-state index contributed by atoms with van der Waals surface area (Å²) in [5.41, 5.74) is 1.14. The molecule has 2 aromatic rings. The van der Waals surface area contributed by atoms with Gasteiger partial charge in [0.25, 0.3) is 5.91 Å². The SMILES string of the molecule is Cc1ncnc(C)c1-c1cc(NC(=O)C2(F)CC2)ccc1O[C@@H]1CCCN(C(=O)OC(C)(C)C)C1. The summed E-state index contributed by atoms with van der Waals surface area (Å²) in [4.78, 5) is 35.2. The van der Waals surface area contributed by atoms with Gasteiger partial charge in [0.05, 0.1) is 6.54 Å². The molecule has 188 valence electrons. The van der Waals surface area contributed by atoms with Gasteiger partial charge in [-0.3, -0.25) is 4.79 Å². The van der Waals surface area contributed by atoms with Crippen LogP contribution >= 0.6 is 0 Å². The van der Waals surface area contributed by atoms with Gasteiger partial charge >= 0.3 is 6.09 Å². The van der Waals surface area contributed by atoms with Crippen LogP contribution in [0.4, 0.5) is 14.9 Å². The lowest BCUT2D eigenvalue weighted by Gasteiger charge is -2.34. The Bertz CT molecular complexity index is 1110. The lowest BCUT2D eigenvalue weighted by atomic mass is 10.0. The number of aryl methyl sites for hydroxylation is 2. The van der Waals surface area contributed by atoms with Crippen molar-refractivity contribution in [3.63, 3.8) is 0 Å². The monoisotopic (exact) mass is 484 g/mol. The van der Waals surface area contributed by atoms with Crippen molar-refractivity contribution in [3.8, 4) is 16.9 Å². The fourth-order valence-electron chi connectivity index (χ4n) is 4.17. The van der Waals surface area contributed by atoms with Crippen LogP contribution in [0.25, 0.3) is 11.1 Å². The van der Waals surface area contributed by atoms with Gasteiger partial charge in [-0.25, -0.2) is 19.2 Å². The molecule has 1 saturated carbocycles. The molecule has 2 aliphatic rings. The summed E-state index contributed by atoms with van der Waals surface area (Å²) < 4.78 is 26.2. The van der Waals surface area contributed by atoms with E-state index in [1.807, 2.05) is 34.6 Å². The fourth-order valence-corrected chi connectivity index (χ4v) is 4.17. The zero-order chi connectivity index (χ0) is 25.4. The third-order valence-electron chi connectivity index (χ3n) is 6.15. The Hall–Kier alpha value is -3.23. The van der Waals surface area contributed by atoms with Crippen LogP contribution in [0, 0.1) is 13.8 Å². The van der Waals surface area contributed by atoms with Crippen molar-refractivity contribution < 1.29 is 23.5 Å². The number of carbonyl (C=O) groups excluding carboxylic acids is 2. The molecular formula is C26H33FN4O4. The number of ether oxygens (including phenoxy) is 2. The number of hydrogen-bond donors (Lipinski definition) is 1. The number of aromatic nitrogens is 2. The Morgan fingerprint density at radius 1 is 1.17 bits per heavy atom. The lowest BCUT2D eigenvalue weighted by molar-refractivity contribution is -0.122. The van der Waals surface area contributed by atoms with Crippen LogP contribution in [0.2, 0.25) is 0 Å². The van der Waals surface area contributed by atoms with E-state index in [4.69, 9.17) is 9.47 Å². The van der Waals surface area contributed by atoms with Gasteiger partial charge in [0.2, 0.25) is 0 Å². The third kappa shape index (κ3) is 5.89. The largest absolute Gasteiger partial charge is 0.488 e. The lowest BCUT2D eigenvalue weighted by Crippen LogP contribution is -2.46. The summed E-state index contributed by atoms with van der Waals surface area (Å²) >= 11 is 0. The number of alkyl halides is 1. The minimum absolute atomic E-state index is 0.235. The van der Waals surface area contributed by atoms with Crippen LogP contribution in [0.5, 0.6) is 5.75 Å². The predicted octanol–water partition coefficient (Wildman–Crippen LogP) is 4.98. The summed E-state index contributed by atoms with van der Waals surface area (Å²) in [5, 5.41) is 2.69. The third-order valence-corrected chi connectivity index (χ3v) is 6.15. The number of rotatable bonds is 5. The second-order valence-electron chi connectivity index (χ2n) is 10.4. The molecule has 1 aliphatic heterocycles. The molecular weight excluding hydrogens is 451 g/mol. The Labute approximate surface area is 205 Å². The van der Waals surface area contributed by atoms with E-state index in [0.29, 0.717) is 30.1 Å². The van der Waals surface area contributed by atoms with E-state index < -0.39 is 17.2 Å². The highest BCUT2D eigenvalue weighted by Crippen LogP contribution is 2.42. The van der Waals surface area contributed by atoms with E-state index in [-0.39, 0.29) is 25.0 Å². The Kier molecular flexibility index (Phi) is 6.71. The summed E-state index contributed by atoms with van der Waals surface area (Å²) in [6, 6.07) is 5.23. The van der Waals surface area contributed by atoms with Gasteiger partial charge < -0.3 is 19.7 Å². The molecule has 2 amide bonds. The maximum Gasteiger partial charge on any atom is 0.410 e. The summed E-state index contributed by atoms with van der Waals surface area (Å²) in [5.74, 6) is -0.0448. The van der Waals surface area contributed by atoms with E-state index in [0.717, 1.165) is 29.8 Å². The molecule has 2 fully saturated rings. The number of halogens is 1. The second-order valence-corrected chi connectivity index (χ2v) is 10.4. The smallest absolute Gasteiger partial charge is 0.410 e. The van der Waals surface area contributed by atoms with E-state index in [1.54, 1.807) is 23.1 Å². The summed E-state index contributed by atoms with van der Waals surface area (Å²) in [7, 11) is 0. The highest BCUT2D eigenvalue weighted by atomic mass is 19.1. The van der Waals surface area contributed by atoms with Gasteiger partial charge in [-0.15, -0.1) is 0 Å². The zero-order valence-electron chi connectivity index (χ0n) is 21.0. The van der Waals surface area contributed by atoms with Crippen molar-refractivity contribution in [2.24, 2.45) is 0 Å². The van der Waals surface area contributed by atoms with Crippen LogP contribution in [0.15, 0.2) is 24.5 Å². The first-order chi connectivity index (χ1) is 16.4. The highest BCUT2D eigenvalue weighted by Gasteiger charge is 2.50. The summed E-state index contributed by atoms with van der Waals surface area (Å²) in [6.07, 6.45) is 2.97. The first-order valence-electron chi connectivity index (χ1n) is 12.0. The number of likely N-dealkylation sites (tertiary alicyclic amines) is 1. The topological polar surface area (TPSA) is 93.6 Å². The van der Waals surface area contributed by atoms with Crippen molar-refractivity contribution in [2.45, 2.75) is 77.7 Å². The fraction of sp³-hybridized carbons (Fsp3) is 0.538. The minimum atomic E-state index is -1.77. The zero-order valence-corrected chi connectivity index (χ0v) is 21.0. The number of piperidine rings is 1. The average molecular weight is 485 g/mol. The number of amides is 2. The Morgan fingerprint density at radius 2 is 1.86 bits per heavy atom. The van der Waals surface area contributed by atoms with E-state index >= 15 is 0 Å². The number of nitrogens with zero attached hydrogens (tertiary/aromatic N) is 3. The average Bonchev–Trinajstić information content (AvgIpc) is 3.53. The first kappa shape index (κ1) is 24.9. The maximum atomic E-state index is 14.2. The molecule has 0 bridgehead atoms. The van der Waals surface area contributed by atoms with Crippen molar-refractivity contribution >= 4 is 17.7 Å². The van der Waals surface area contributed by atoms with Gasteiger partial charge in [0.1, 0.15) is 23.8 Å². The molecule has 2 heterocycles. The van der Waals surface area contributed by atoms with Crippen molar-refractivity contribution in [3.05, 3.63) is 35.9 Å². The molecule has 35 heavy (non-hydrogen) atoms. The van der Waals surface area contributed by atoms with Crippen LogP contribution in [0.1, 0.15) is 57.8 Å². The molecule has 0 unspecified atom stereocenters. The summed E-state index contributed by atoms with van der Waals surface area (Å²) in [6.45, 7) is 10.3. The molecule has 1 atom stereocenters.